The van der Waals surface area contributed by atoms with Crippen molar-refractivity contribution < 1.29 is 9.53 Å². The smallest absolute Gasteiger partial charge is 0.228 e. The van der Waals surface area contributed by atoms with Crippen molar-refractivity contribution in [3.63, 3.8) is 0 Å². The predicted octanol–water partition coefficient (Wildman–Crippen LogP) is 1.82. The van der Waals surface area contributed by atoms with Crippen molar-refractivity contribution in [2.24, 2.45) is 5.92 Å². The molecule has 1 N–H and O–H groups in total. The lowest BCUT2D eigenvalue weighted by atomic mass is 10.0. The van der Waals surface area contributed by atoms with Crippen LogP contribution in [-0.2, 0) is 4.79 Å². The van der Waals surface area contributed by atoms with Crippen LogP contribution in [0.3, 0.4) is 0 Å². The molecule has 1 aromatic carbocycles. The molecule has 0 atom stereocenters. The molecule has 1 saturated heterocycles. The van der Waals surface area contributed by atoms with Gasteiger partial charge in [-0.25, -0.2) is 0 Å². The van der Waals surface area contributed by atoms with Gasteiger partial charge < -0.3 is 15.0 Å². The van der Waals surface area contributed by atoms with Gasteiger partial charge in [0.25, 0.3) is 0 Å². The molecular formula is C13H18Cl2N2O2. The Hall–Kier alpha value is -0.970. The van der Waals surface area contributed by atoms with E-state index in [1.165, 1.54) is 0 Å². The maximum atomic E-state index is 11.8. The number of likely N-dealkylation sites (N-methyl/N-ethyl adjacent to an activating group) is 1. The van der Waals surface area contributed by atoms with Crippen LogP contribution in [0.4, 0.5) is 0 Å². The van der Waals surface area contributed by atoms with E-state index in [0.717, 1.165) is 18.8 Å². The van der Waals surface area contributed by atoms with Crippen molar-refractivity contribution >= 4 is 29.9 Å². The maximum absolute atomic E-state index is 11.8. The van der Waals surface area contributed by atoms with Gasteiger partial charge >= 0.3 is 0 Å². The van der Waals surface area contributed by atoms with E-state index in [0.29, 0.717) is 18.2 Å². The molecule has 0 radical (unpaired) electrons. The molecule has 1 heterocycles. The quantitative estimate of drug-likeness (QED) is 0.902. The summed E-state index contributed by atoms with van der Waals surface area (Å²) < 4.78 is 5.55. The van der Waals surface area contributed by atoms with Gasteiger partial charge in [-0.15, -0.1) is 12.4 Å². The Kier molecular flexibility index (Phi) is 6.42. The van der Waals surface area contributed by atoms with Crippen molar-refractivity contribution in [2.75, 3.05) is 33.3 Å². The highest BCUT2D eigenvalue weighted by molar-refractivity contribution is 6.30. The molecule has 106 valence electrons. The van der Waals surface area contributed by atoms with Crippen molar-refractivity contribution in [3.8, 4) is 5.75 Å². The van der Waals surface area contributed by atoms with Gasteiger partial charge in [0.15, 0.2) is 0 Å². The first-order valence-electron chi connectivity index (χ1n) is 6.01. The van der Waals surface area contributed by atoms with E-state index in [1.54, 1.807) is 17.0 Å². The number of hydrogen-bond donors (Lipinski definition) is 1. The first-order chi connectivity index (χ1) is 8.66. The Bertz CT molecular complexity index is 425. The monoisotopic (exact) mass is 304 g/mol. The van der Waals surface area contributed by atoms with E-state index in [4.69, 9.17) is 16.3 Å². The largest absolute Gasteiger partial charge is 0.492 e. The molecule has 1 fully saturated rings. The molecule has 1 amide bonds. The fourth-order valence-electron chi connectivity index (χ4n) is 1.74. The second kappa shape index (κ2) is 7.58. The summed E-state index contributed by atoms with van der Waals surface area (Å²) in [7, 11) is 1.81. The lowest BCUT2D eigenvalue weighted by molar-refractivity contribution is -0.136. The minimum Gasteiger partial charge on any atom is -0.492 e. The fourth-order valence-corrected chi connectivity index (χ4v) is 1.92. The summed E-state index contributed by atoms with van der Waals surface area (Å²) in [4.78, 5) is 13.5. The van der Waals surface area contributed by atoms with Gasteiger partial charge in [-0.1, -0.05) is 17.7 Å². The molecule has 6 heteroatoms. The van der Waals surface area contributed by atoms with Crippen LogP contribution < -0.4 is 10.1 Å². The number of rotatable bonds is 5. The molecule has 0 saturated carbocycles. The third-order valence-corrected chi connectivity index (χ3v) is 3.23. The molecule has 0 aromatic heterocycles. The van der Waals surface area contributed by atoms with Crippen LogP contribution in [0.5, 0.6) is 5.75 Å². The maximum Gasteiger partial charge on any atom is 0.228 e. The second-order valence-corrected chi connectivity index (χ2v) is 4.86. The number of carbonyl (C=O) groups excluding carboxylic acids is 1. The number of nitrogens with zero attached hydrogens (tertiary/aromatic N) is 1. The number of carbonyl (C=O) groups is 1. The number of halogens is 2. The number of nitrogens with one attached hydrogen (secondary N) is 1. The molecular weight excluding hydrogens is 287 g/mol. The lowest BCUT2D eigenvalue weighted by Gasteiger charge is -2.30. The minimum atomic E-state index is 0. The third-order valence-electron chi connectivity index (χ3n) is 3.00. The van der Waals surface area contributed by atoms with Gasteiger partial charge in [-0.05, 0) is 18.2 Å². The molecule has 0 bridgehead atoms. The summed E-state index contributed by atoms with van der Waals surface area (Å²) in [5.74, 6) is 1.05. The van der Waals surface area contributed by atoms with Gasteiger partial charge in [0, 0.05) is 25.2 Å². The van der Waals surface area contributed by atoms with Crippen molar-refractivity contribution in [1.82, 2.24) is 10.2 Å². The average molecular weight is 305 g/mol. The highest BCUT2D eigenvalue weighted by atomic mass is 35.5. The van der Waals surface area contributed by atoms with Crippen LogP contribution in [0.25, 0.3) is 0 Å². The lowest BCUT2D eigenvalue weighted by Crippen LogP contribution is -2.51. The number of ether oxygens (including phenoxy) is 1. The summed E-state index contributed by atoms with van der Waals surface area (Å²) in [5.41, 5.74) is 0. The van der Waals surface area contributed by atoms with E-state index in [-0.39, 0.29) is 24.2 Å². The Labute approximate surface area is 124 Å². The van der Waals surface area contributed by atoms with E-state index < -0.39 is 0 Å². The minimum absolute atomic E-state index is 0. The molecule has 0 spiro atoms. The number of amides is 1. The van der Waals surface area contributed by atoms with Crippen LogP contribution in [0.15, 0.2) is 24.3 Å². The van der Waals surface area contributed by atoms with Gasteiger partial charge in [0.2, 0.25) is 5.91 Å². The van der Waals surface area contributed by atoms with Gasteiger partial charge in [0.05, 0.1) is 12.5 Å². The standard InChI is InChI=1S/C13H17ClN2O2.ClH/c1-16(13(17)10-8-15-9-10)5-6-18-12-4-2-3-11(14)7-12;/h2-4,7,10,15H,5-6,8-9H2,1H3;1H. The van der Waals surface area contributed by atoms with Crippen molar-refractivity contribution in [1.29, 1.82) is 0 Å². The predicted molar refractivity (Wildman–Crippen MR) is 78.2 cm³/mol. The normalized spacial score (nSPS) is 14.2. The van der Waals surface area contributed by atoms with Crippen LogP contribution in [0, 0.1) is 5.92 Å². The summed E-state index contributed by atoms with van der Waals surface area (Å²) in [6, 6.07) is 7.25. The zero-order valence-corrected chi connectivity index (χ0v) is 12.3. The number of benzene rings is 1. The third kappa shape index (κ3) is 4.56. The fraction of sp³-hybridized carbons (Fsp3) is 0.462. The molecule has 1 aromatic rings. The average Bonchev–Trinajstić information content (AvgIpc) is 2.26. The van der Waals surface area contributed by atoms with Gasteiger partial charge in [0.1, 0.15) is 12.4 Å². The second-order valence-electron chi connectivity index (χ2n) is 4.42. The molecule has 19 heavy (non-hydrogen) atoms. The van der Waals surface area contributed by atoms with E-state index in [2.05, 4.69) is 5.32 Å². The summed E-state index contributed by atoms with van der Waals surface area (Å²) in [6.07, 6.45) is 0. The van der Waals surface area contributed by atoms with Gasteiger partial charge in [-0.2, -0.15) is 0 Å². The van der Waals surface area contributed by atoms with Crippen LogP contribution in [0.1, 0.15) is 0 Å². The molecule has 0 aliphatic carbocycles. The first kappa shape index (κ1) is 16.1. The Morgan fingerprint density at radius 2 is 2.26 bits per heavy atom. The molecule has 2 rings (SSSR count). The van der Waals surface area contributed by atoms with Crippen molar-refractivity contribution in [2.45, 2.75) is 0 Å². The Balaban J connectivity index is 0.00000180. The van der Waals surface area contributed by atoms with Crippen LogP contribution in [0.2, 0.25) is 5.02 Å². The zero-order valence-electron chi connectivity index (χ0n) is 10.8. The molecule has 1 aliphatic heterocycles. The molecule has 0 unspecified atom stereocenters. The Morgan fingerprint density at radius 3 is 2.84 bits per heavy atom. The van der Waals surface area contributed by atoms with E-state index >= 15 is 0 Å². The molecule has 4 nitrogen and oxygen atoms in total. The summed E-state index contributed by atoms with van der Waals surface area (Å²) >= 11 is 5.85. The summed E-state index contributed by atoms with van der Waals surface area (Å²) in [5, 5.41) is 3.74. The Morgan fingerprint density at radius 1 is 1.53 bits per heavy atom. The SMILES string of the molecule is CN(CCOc1cccc(Cl)c1)C(=O)C1CNC1.Cl. The highest BCUT2D eigenvalue weighted by Crippen LogP contribution is 2.17. The zero-order chi connectivity index (χ0) is 13.0. The van der Waals surface area contributed by atoms with Crippen molar-refractivity contribution in [3.05, 3.63) is 29.3 Å². The van der Waals surface area contributed by atoms with Crippen LogP contribution >= 0.6 is 24.0 Å². The van der Waals surface area contributed by atoms with E-state index in [9.17, 15) is 4.79 Å². The van der Waals surface area contributed by atoms with Gasteiger partial charge in [-0.3, -0.25) is 4.79 Å². The topological polar surface area (TPSA) is 41.6 Å². The summed E-state index contributed by atoms with van der Waals surface area (Å²) in [6.45, 7) is 2.64. The molecule has 1 aliphatic rings. The number of hydrogen-bond acceptors (Lipinski definition) is 3. The highest BCUT2D eigenvalue weighted by Gasteiger charge is 2.27. The van der Waals surface area contributed by atoms with Crippen LogP contribution in [-0.4, -0.2) is 44.1 Å². The van der Waals surface area contributed by atoms with E-state index in [1.807, 2.05) is 19.2 Å². The first-order valence-corrected chi connectivity index (χ1v) is 6.38.